The van der Waals surface area contributed by atoms with E-state index in [9.17, 15) is 0 Å². The first kappa shape index (κ1) is 11.7. The molecule has 1 saturated carbocycles. The maximum Gasteiger partial charge on any atom is 0.101 e. The Kier molecular flexibility index (Phi) is 3.29. The first-order valence-electron chi connectivity index (χ1n) is 6.92. The molecule has 3 nitrogen and oxygen atoms in total. The van der Waals surface area contributed by atoms with E-state index < -0.39 is 0 Å². The highest BCUT2D eigenvalue weighted by atomic mass is 15.2. The second-order valence-corrected chi connectivity index (χ2v) is 5.61. The van der Waals surface area contributed by atoms with Crippen molar-refractivity contribution in [3.8, 4) is 6.07 Å². The van der Waals surface area contributed by atoms with Gasteiger partial charge in [0, 0.05) is 37.9 Å². The van der Waals surface area contributed by atoms with Crippen molar-refractivity contribution in [3.05, 3.63) is 29.6 Å². The van der Waals surface area contributed by atoms with Crippen molar-refractivity contribution in [1.82, 2.24) is 9.88 Å². The molecular formula is C15H19N3. The van der Waals surface area contributed by atoms with Crippen LogP contribution in [0.4, 0.5) is 0 Å². The van der Waals surface area contributed by atoms with Crippen molar-refractivity contribution in [2.75, 3.05) is 19.6 Å². The van der Waals surface area contributed by atoms with Gasteiger partial charge < -0.3 is 4.90 Å². The molecule has 2 unspecified atom stereocenters. The van der Waals surface area contributed by atoms with Crippen LogP contribution in [-0.4, -0.2) is 29.5 Å². The van der Waals surface area contributed by atoms with E-state index in [1.807, 2.05) is 12.1 Å². The molecule has 2 fully saturated rings. The second kappa shape index (κ2) is 5.07. The summed E-state index contributed by atoms with van der Waals surface area (Å²) in [4.78, 5) is 6.93. The van der Waals surface area contributed by atoms with Gasteiger partial charge in [-0.15, -0.1) is 0 Å². The number of nitrogens with zero attached hydrogens (tertiary/aromatic N) is 3. The summed E-state index contributed by atoms with van der Waals surface area (Å²) in [6.45, 7) is 3.70. The zero-order chi connectivity index (χ0) is 12.4. The maximum absolute atomic E-state index is 8.72. The van der Waals surface area contributed by atoms with Crippen molar-refractivity contribution in [1.29, 1.82) is 5.26 Å². The third-order valence-electron chi connectivity index (χ3n) is 4.44. The van der Waals surface area contributed by atoms with Gasteiger partial charge in [0.2, 0.25) is 0 Å². The normalized spacial score (nSPS) is 27.1. The minimum Gasteiger partial charge on any atom is -0.302 e. The van der Waals surface area contributed by atoms with Crippen LogP contribution in [0.15, 0.2) is 18.3 Å². The maximum atomic E-state index is 8.72. The summed E-state index contributed by atoms with van der Waals surface area (Å²) in [7, 11) is 0. The summed E-state index contributed by atoms with van der Waals surface area (Å²) in [5.74, 6) is 1.94. The molecule has 0 bridgehead atoms. The highest BCUT2D eigenvalue weighted by Gasteiger charge is 2.35. The van der Waals surface area contributed by atoms with E-state index in [-0.39, 0.29) is 0 Å². The number of pyridine rings is 1. The van der Waals surface area contributed by atoms with Crippen LogP contribution in [0, 0.1) is 23.2 Å². The van der Waals surface area contributed by atoms with Gasteiger partial charge in [-0.25, -0.2) is 0 Å². The Hall–Kier alpha value is -1.40. The molecule has 2 aliphatic rings. The van der Waals surface area contributed by atoms with Gasteiger partial charge in [-0.1, -0.05) is 6.42 Å². The first-order chi connectivity index (χ1) is 8.85. The molecular weight excluding hydrogens is 222 g/mol. The Morgan fingerprint density at radius 3 is 2.67 bits per heavy atom. The summed E-state index contributed by atoms with van der Waals surface area (Å²) in [6.07, 6.45) is 7.01. The fourth-order valence-electron chi connectivity index (χ4n) is 3.43. The second-order valence-electron chi connectivity index (χ2n) is 5.61. The van der Waals surface area contributed by atoms with E-state index in [0.717, 1.165) is 30.5 Å². The van der Waals surface area contributed by atoms with Crippen LogP contribution in [0.1, 0.15) is 30.5 Å². The molecule has 2 atom stereocenters. The standard InChI is InChI=1S/C15H19N3/c16-8-12-4-5-15(17-9-12)6-7-18-10-13-2-1-3-14(13)11-18/h4-5,9,13-14H,1-3,6-7,10-11H2. The molecule has 0 aromatic carbocycles. The van der Waals surface area contributed by atoms with E-state index in [4.69, 9.17) is 5.26 Å². The van der Waals surface area contributed by atoms with Crippen LogP contribution in [0.3, 0.4) is 0 Å². The Labute approximate surface area is 108 Å². The molecule has 0 spiro atoms. The van der Waals surface area contributed by atoms with Crippen LogP contribution >= 0.6 is 0 Å². The summed E-state index contributed by atoms with van der Waals surface area (Å²) >= 11 is 0. The highest BCUT2D eigenvalue weighted by Crippen LogP contribution is 2.37. The Balaban J connectivity index is 1.51. The van der Waals surface area contributed by atoms with Crippen LogP contribution in [0.5, 0.6) is 0 Å². The van der Waals surface area contributed by atoms with Crippen LogP contribution in [0.25, 0.3) is 0 Å². The SMILES string of the molecule is N#Cc1ccc(CCN2CC3CCCC3C2)nc1. The van der Waals surface area contributed by atoms with E-state index in [1.54, 1.807) is 6.20 Å². The molecule has 1 aromatic rings. The monoisotopic (exact) mass is 241 g/mol. The smallest absolute Gasteiger partial charge is 0.101 e. The first-order valence-corrected chi connectivity index (χ1v) is 6.92. The Morgan fingerprint density at radius 1 is 1.28 bits per heavy atom. The van der Waals surface area contributed by atoms with E-state index in [2.05, 4.69) is 16.0 Å². The minimum absolute atomic E-state index is 0.648. The topological polar surface area (TPSA) is 39.9 Å². The minimum atomic E-state index is 0.648. The van der Waals surface area contributed by atoms with E-state index in [1.165, 1.54) is 32.4 Å². The number of hydrogen-bond acceptors (Lipinski definition) is 3. The fraction of sp³-hybridized carbons (Fsp3) is 0.600. The largest absolute Gasteiger partial charge is 0.302 e. The van der Waals surface area contributed by atoms with Gasteiger partial charge in [-0.2, -0.15) is 5.26 Å². The lowest BCUT2D eigenvalue weighted by Crippen LogP contribution is -2.24. The molecule has 18 heavy (non-hydrogen) atoms. The third kappa shape index (κ3) is 2.39. The van der Waals surface area contributed by atoms with Gasteiger partial charge in [0.15, 0.2) is 0 Å². The van der Waals surface area contributed by atoms with Gasteiger partial charge in [0.25, 0.3) is 0 Å². The molecule has 3 rings (SSSR count). The number of nitriles is 1. The summed E-state index contributed by atoms with van der Waals surface area (Å²) < 4.78 is 0. The number of hydrogen-bond donors (Lipinski definition) is 0. The van der Waals surface area contributed by atoms with Crippen LogP contribution in [0.2, 0.25) is 0 Å². The van der Waals surface area contributed by atoms with Gasteiger partial charge in [0.05, 0.1) is 5.56 Å². The molecule has 2 heterocycles. The predicted molar refractivity (Wildman–Crippen MR) is 69.9 cm³/mol. The number of aromatic nitrogens is 1. The van der Waals surface area contributed by atoms with Crippen molar-refractivity contribution < 1.29 is 0 Å². The Bertz CT molecular complexity index is 434. The molecule has 0 amide bonds. The van der Waals surface area contributed by atoms with Crippen LogP contribution in [-0.2, 0) is 6.42 Å². The quantitative estimate of drug-likeness (QED) is 0.814. The summed E-state index contributed by atoms with van der Waals surface area (Å²) in [5.41, 5.74) is 1.75. The zero-order valence-electron chi connectivity index (χ0n) is 10.7. The highest BCUT2D eigenvalue weighted by molar-refractivity contribution is 5.26. The summed E-state index contributed by atoms with van der Waals surface area (Å²) in [6, 6.07) is 5.95. The van der Waals surface area contributed by atoms with Gasteiger partial charge in [-0.3, -0.25) is 4.98 Å². The molecule has 1 aliphatic carbocycles. The van der Waals surface area contributed by atoms with Crippen molar-refractivity contribution >= 4 is 0 Å². The average molecular weight is 241 g/mol. The molecule has 1 saturated heterocycles. The summed E-state index contributed by atoms with van der Waals surface area (Å²) in [5, 5.41) is 8.72. The molecule has 0 N–H and O–H groups in total. The van der Waals surface area contributed by atoms with Crippen molar-refractivity contribution in [3.63, 3.8) is 0 Å². The fourth-order valence-corrected chi connectivity index (χ4v) is 3.43. The Morgan fingerprint density at radius 2 is 2.06 bits per heavy atom. The molecule has 94 valence electrons. The van der Waals surface area contributed by atoms with Gasteiger partial charge >= 0.3 is 0 Å². The number of likely N-dealkylation sites (tertiary alicyclic amines) is 1. The van der Waals surface area contributed by atoms with Crippen molar-refractivity contribution in [2.45, 2.75) is 25.7 Å². The van der Waals surface area contributed by atoms with E-state index >= 15 is 0 Å². The van der Waals surface area contributed by atoms with E-state index in [0.29, 0.717) is 5.56 Å². The predicted octanol–water partition coefficient (Wildman–Crippen LogP) is 2.23. The lowest BCUT2D eigenvalue weighted by atomic mass is 10.0. The number of rotatable bonds is 3. The third-order valence-corrected chi connectivity index (χ3v) is 4.44. The lowest BCUT2D eigenvalue weighted by Gasteiger charge is -2.16. The lowest BCUT2D eigenvalue weighted by molar-refractivity contribution is 0.314. The van der Waals surface area contributed by atoms with Gasteiger partial charge in [0.1, 0.15) is 6.07 Å². The molecule has 3 heteroatoms. The molecule has 0 radical (unpaired) electrons. The van der Waals surface area contributed by atoms with Crippen molar-refractivity contribution in [2.24, 2.45) is 11.8 Å². The zero-order valence-corrected chi connectivity index (χ0v) is 10.7. The number of fused-ring (bicyclic) bond motifs is 1. The van der Waals surface area contributed by atoms with Gasteiger partial charge in [-0.05, 0) is 36.8 Å². The average Bonchev–Trinajstić information content (AvgIpc) is 2.97. The van der Waals surface area contributed by atoms with Crippen LogP contribution < -0.4 is 0 Å². The molecule has 1 aliphatic heterocycles. The molecule has 1 aromatic heterocycles.